The van der Waals surface area contributed by atoms with Gasteiger partial charge in [0, 0.05) is 18.8 Å². The van der Waals surface area contributed by atoms with Crippen molar-refractivity contribution in [1.29, 1.82) is 0 Å². The Morgan fingerprint density at radius 2 is 2.07 bits per heavy atom. The van der Waals surface area contributed by atoms with E-state index in [2.05, 4.69) is 0 Å². The first kappa shape index (κ1) is 10.1. The van der Waals surface area contributed by atoms with Crippen LogP contribution in [0.5, 0.6) is 11.5 Å². The number of amides is 1. The number of nitrogens with zero attached hydrogens (tertiary/aromatic N) is 1. The van der Waals surface area contributed by atoms with Gasteiger partial charge in [0.1, 0.15) is 11.5 Å². The molecule has 0 saturated carbocycles. The first-order valence-electron chi connectivity index (χ1n) is 4.01. The third-order valence-electron chi connectivity index (χ3n) is 1.67. The van der Waals surface area contributed by atoms with Crippen LogP contribution >= 0.6 is 0 Å². The lowest BCUT2D eigenvalue weighted by Gasteiger charge is -2.03. The maximum absolute atomic E-state index is 10.2. The predicted octanol–water partition coefficient (Wildman–Crippen LogP) is 1.16. The summed E-state index contributed by atoms with van der Waals surface area (Å²) in [6.07, 6.45) is 3.65. The molecule has 0 aliphatic heterocycles. The van der Waals surface area contributed by atoms with Gasteiger partial charge in [-0.25, -0.2) is 0 Å². The molecule has 74 valence electrons. The normalized spacial score (nSPS) is 10.4. The molecule has 0 aromatic heterocycles. The fourth-order valence-electron chi connectivity index (χ4n) is 0.908. The molecule has 1 aromatic carbocycles. The van der Waals surface area contributed by atoms with Gasteiger partial charge in [-0.1, -0.05) is 0 Å². The zero-order valence-electron chi connectivity index (χ0n) is 7.71. The predicted molar refractivity (Wildman–Crippen MR) is 52.6 cm³/mol. The van der Waals surface area contributed by atoms with E-state index in [0.717, 1.165) is 0 Å². The summed E-state index contributed by atoms with van der Waals surface area (Å²) < 4.78 is 0. The zero-order valence-corrected chi connectivity index (χ0v) is 7.71. The fourth-order valence-corrected chi connectivity index (χ4v) is 0.908. The molecular formula is C10H11NO3. The number of carbonyl (C=O) groups excluding carboxylic acids is 1. The molecule has 0 atom stereocenters. The van der Waals surface area contributed by atoms with Crippen molar-refractivity contribution in [2.24, 2.45) is 0 Å². The smallest absolute Gasteiger partial charge is 0.213 e. The zero-order chi connectivity index (χ0) is 10.6. The minimum absolute atomic E-state index is 0.0540. The van der Waals surface area contributed by atoms with Crippen molar-refractivity contribution in [1.82, 2.24) is 4.90 Å². The van der Waals surface area contributed by atoms with Gasteiger partial charge < -0.3 is 15.1 Å². The summed E-state index contributed by atoms with van der Waals surface area (Å²) in [5.74, 6) is 0.120. The Morgan fingerprint density at radius 3 is 2.71 bits per heavy atom. The second kappa shape index (κ2) is 4.32. The lowest BCUT2D eigenvalue weighted by molar-refractivity contribution is -0.114. The van der Waals surface area contributed by atoms with Crippen LogP contribution in [-0.2, 0) is 4.79 Å². The van der Waals surface area contributed by atoms with Crippen LogP contribution in [0.15, 0.2) is 24.4 Å². The van der Waals surface area contributed by atoms with Crippen molar-refractivity contribution in [2.45, 2.75) is 0 Å². The summed E-state index contributed by atoms with van der Waals surface area (Å²) in [6.45, 7) is 0. The number of hydrogen-bond donors (Lipinski definition) is 2. The molecule has 1 aromatic rings. The minimum Gasteiger partial charge on any atom is -0.508 e. The van der Waals surface area contributed by atoms with Crippen molar-refractivity contribution in [3.63, 3.8) is 0 Å². The molecule has 4 nitrogen and oxygen atoms in total. The molecule has 0 aliphatic rings. The van der Waals surface area contributed by atoms with E-state index in [1.807, 2.05) is 0 Å². The average Bonchev–Trinajstić information content (AvgIpc) is 2.19. The molecule has 0 unspecified atom stereocenters. The van der Waals surface area contributed by atoms with Crippen LogP contribution in [0.4, 0.5) is 0 Å². The lowest BCUT2D eigenvalue weighted by atomic mass is 10.2. The Kier molecular flexibility index (Phi) is 3.12. The summed E-state index contributed by atoms with van der Waals surface area (Å²) in [5, 5.41) is 18.5. The van der Waals surface area contributed by atoms with Gasteiger partial charge in [-0.2, -0.15) is 0 Å². The van der Waals surface area contributed by atoms with Gasteiger partial charge in [-0.05, 0) is 24.3 Å². The van der Waals surface area contributed by atoms with Gasteiger partial charge >= 0.3 is 0 Å². The van der Waals surface area contributed by atoms with Crippen LogP contribution in [0, 0.1) is 0 Å². The Hall–Kier alpha value is -1.97. The Bertz CT molecular complexity index is 360. The highest BCUT2D eigenvalue weighted by Gasteiger charge is 1.98. The maximum Gasteiger partial charge on any atom is 0.213 e. The van der Waals surface area contributed by atoms with Crippen LogP contribution in [0.2, 0.25) is 0 Å². The maximum atomic E-state index is 10.2. The van der Waals surface area contributed by atoms with Gasteiger partial charge in [0.25, 0.3) is 0 Å². The second-order valence-corrected chi connectivity index (χ2v) is 2.83. The minimum atomic E-state index is 0.0540. The van der Waals surface area contributed by atoms with E-state index < -0.39 is 0 Å². The van der Waals surface area contributed by atoms with Gasteiger partial charge in [-0.3, -0.25) is 4.79 Å². The third kappa shape index (κ3) is 2.52. The SMILES string of the molecule is CN(C=O)/C=C/c1cc(O)ccc1O. The van der Waals surface area contributed by atoms with E-state index in [1.165, 1.54) is 35.4 Å². The molecule has 0 radical (unpaired) electrons. The molecule has 1 amide bonds. The molecular weight excluding hydrogens is 182 g/mol. The lowest BCUT2D eigenvalue weighted by Crippen LogP contribution is -2.05. The highest BCUT2D eigenvalue weighted by atomic mass is 16.3. The van der Waals surface area contributed by atoms with Crippen LogP contribution in [0.25, 0.3) is 6.08 Å². The molecule has 0 saturated heterocycles. The molecule has 0 aliphatic carbocycles. The molecule has 0 heterocycles. The van der Waals surface area contributed by atoms with E-state index in [0.29, 0.717) is 12.0 Å². The molecule has 2 N–H and O–H groups in total. The molecule has 0 bridgehead atoms. The van der Waals surface area contributed by atoms with Crippen molar-refractivity contribution < 1.29 is 15.0 Å². The van der Waals surface area contributed by atoms with Gasteiger partial charge in [0.05, 0.1) is 0 Å². The number of rotatable bonds is 3. The van der Waals surface area contributed by atoms with Crippen LogP contribution in [0.1, 0.15) is 5.56 Å². The van der Waals surface area contributed by atoms with Crippen molar-refractivity contribution in [3.05, 3.63) is 30.0 Å². The summed E-state index contributed by atoms with van der Waals surface area (Å²) in [5.41, 5.74) is 0.457. The highest BCUT2D eigenvalue weighted by Crippen LogP contribution is 2.23. The van der Waals surface area contributed by atoms with E-state index in [4.69, 9.17) is 5.11 Å². The number of benzene rings is 1. The second-order valence-electron chi connectivity index (χ2n) is 2.83. The van der Waals surface area contributed by atoms with E-state index in [1.54, 1.807) is 7.05 Å². The number of carbonyl (C=O) groups is 1. The van der Waals surface area contributed by atoms with Crippen molar-refractivity contribution in [3.8, 4) is 11.5 Å². The Balaban J connectivity index is 2.90. The largest absolute Gasteiger partial charge is 0.508 e. The molecule has 0 spiro atoms. The Labute approximate surface area is 81.7 Å². The molecule has 4 heteroatoms. The van der Waals surface area contributed by atoms with Gasteiger partial charge in [0.15, 0.2) is 0 Å². The van der Waals surface area contributed by atoms with Crippen molar-refractivity contribution >= 4 is 12.5 Å². The van der Waals surface area contributed by atoms with E-state index in [-0.39, 0.29) is 11.5 Å². The summed E-state index contributed by atoms with van der Waals surface area (Å²) >= 11 is 0. The van der Waals surface area contributed by atoms with Gasteiger partial charge in [0.2, 0.25) is 6.41 Å². The Morgan fingerprint density at radius 1 is 1.36 bits per heavy atom. The fraction of sp³-hybridized carbons (Fsp3) is 0.100. The summed E-state index contributed by atoms with van der Waals surface area (Å²) in [7, 11) is 1.57. The first-order chi connectivity index (χ1) is 6.63. The van der Waals surface area contributed by atoms with Crippen LogP contribution < -0.4 is 0 Å². The van der Waals surface area contributed by atoms with Crippen LogP contribution in [-0.4, -0.2) is 28.6 Å². The molecule has 0 fully saturated rings. The number of aromatic hydroxyl groups is 2. The van der Waals surface area contributed by atoms with Crippen molar-refractivity contribution in [2.75, 3.05) is 7.05 Å². The quantitative estimate of drug-likeness (QED) is 0.559. The summed E-state index contributed by atoms with van der Waals surface area (Å²) in [4.78, 5) is 11.5. The monoisotopic (exact) mass is 193 g/mol. The highest BCUT2D eigenvalue weighted by molar-refractivity contribution is 5.61. The average molecular weight is 193 g/mol. The van der Waals surface area contributed by atoms with E-state index in [9.17, 15) is 9.90 Å². The van der Waals surface area contributed by atoms with E-state index >= 15 is 0 Å². The molecule has 14 heavy (non-hydrogen) atoms. The van der Waals surface area contributed by atoms with Gasteiger partial charge in [-0.15, -0.1) is 0 Å². The number of hydrogen-bond acceptors (Lipinski definition) is 3. The first-order valence-corrected chi connectivity index (χ1v) is 4.01. The standard InChI is InChI=1S/C10H11NO3/c1-11(7-12)5-4-8-6-9(13)2-3-10(8)14/h2-7,13-14H,1H3/b5-4+. The number of phenolic OH excluding ortho intramolecular Hbond substituents is 2. The number of phenols is 2. The molecule has 1 rings (SSSR count). The van der Waals surface area contributed by atoms with Crippen LogP contribution in [0.3, 0.4) is 0 Å². The third-order valence-corrected chi connectivity index (χ3v) is 1.67. The topological polar surface area (TPSA) is 60.8 Å². The summed E-state index contributed by atoms with van der Waals surface area (Å²) in [6, 6.07) is 4.18.